The molecule has 1 nitrogen and oxygen atoms in total. The Morgan fingerprint density at radius 2 is 1.93 bits per heavy atom. The van der Waals surface area contributed by atoms with Crippen LogP contribution in [-0.4, -0.2) is 11.8 Å². The van der Waals surface area contributed by atoms with Crippen molar-refractivity contribution in [1.29, 1.82) is 0 Å². The van der Waals surface area contributed by atoms with Crippen molar-refractivity contribution in [2.45, 2.75) is 26.3 Å². The molecule has 0 fully saturated rings. The number of halogens is 1. The van der Waals surface area contributed by atoms with Gasteiger partial charge in [0, 0.05) is 0 Å². The molecular weight excluding hydrogens is 245 g/mol. The number of benzene rings is 1. The van der Waals surface area contributed by atoms with E-state index in [2.05, 4.69) is 48.6 Å². The maximum Gasteiger partial charge on any atom is 1.00 e. The van der Waals surface area contributed by atoms with Gasteiger partial charge in [0.25, 0.3) is 0 Å². The number of hydrogen-bond acceptors (Lipinski definition) is 1. The molecule has 0 aromatic heterocycles. The van der Waals surface area contributed by atoms with E-state index in [9.17, 15) is 0 Å². The Bertz CT molecular complexity index is 353. The summed E-state index contributed by atoms with van der Waals surface area (Å²) in [6.45, 7) is 10.2. The van der Waals surface area contributed by atoms with E-state index < -0.39 is 0 Å². The third-order valence-corrected chi connectivity index (χ3v) is 2.19. The van der Waals surface area contributed by atoms with Gasteiger partial charge in [0.05, 0.1) is 5.54 Å². The fourth-order valence-electron chi connectivity index (χ4n) is 0.963. The molecule has 0 atom stereocenters. The van der Waals surface area contributed by atoms with Crippen LogP contribution in [0, 0.1) is 6.92 Å². The first-order chi connectivity index (χ1) is 6.38. The van der Waals surface area contributed by atoms with Crippen LogP contribution in [0.4, 0.5) is 0 Å². The molecule has 0 saturated heterocycles. The average Bonchev–Trinajstić information content (AvgIpc) is 2.00. The number of aliphatic imine (C=N–C) groups is 1. The van der Waals surface area contributed by atoms with Crippen molar-refractivity contribution in [3.8, 4) is 0 Å². The summed E-state index contributed by atoms with van der Waals surface area (Å²) in [6.07, 6.45) is 1.88. The van der Waals surface area contributed by atoms with E-state index in [1.165, 1.54) is 0 Å². The monoisotopic (exact) mass is 259 g/mol. The minimum absolute atomic E-state index is 0. The predicted molar refractivity (Wildman–Crippen MR) is 65.9 cm³/mol. The summed E-state index contributed by atoms with van der Waals surface area (Å²) in [6, 6.07) is 6.00. The molecule has 0 amide bonds. The molecule has 0 saturated carbocycles. The maximum absolute atomic E-state index is 4.44. The molecule has 0 aliphatic rings. The molecule has 0 heterocycles. The summed E-state index contributed by atoms with van der Waals surface area (Å²) in [7, 11) is 0. The summed E-state index contributed by atoms with van der Waals surface area (Å²) in [4.78, 5) is 4.44. The van der Waals surface area contributed by atoms with Crippen LogP contribution >= 0.6 is 15.9 Å². The van der Waals surface area contributed by atoms with Crippen molar-refractivity contribution in [1.82, 2.24) is 0 Å². The summed E-state index contributed by atoms with van der Waals surface area (Å²) in [5.41, 5.74) is 2.04. The molecule has 1 rings (SSSR count). The van der Waals surface area contributed by atoms with Gasteiger partial charge in [-0.1, -0.05) is 22.0 Å². The quantitative estimate of drug-likeness (QED) is 0.403. The van der Waals surface area contributed by atoms with E-state index in [1.807, 2.05) is 24.4 Å². The van der Waals surface area contributed by atoms with Gasteiger partial charge in [-0.2, -0.15) is 12.5 Å². The van der Waals surface area contributed by atoms with Crippen molar-refractivity contribution < 1.29 is 18.9 Å². The molecule has 1 aromatic carbocycles. The van der Waals surface area contributed by atoms with Crippen LogP contribution in [0.15, 0.2) is 27.7 Å². The van der Waals surface area contributed by atoms with Crippen LogP contribution in [0.2, 0.25) is 0 Å². The molecule has 1 aromatic rings. The van der Waals surface area contributed by atoms with Gasteiger partial charge < -0.3 is 0 Å². The van der Waals surface area contributed by atoms with Crippen LogP contribution in [-0.2, 0) is 0 Å². The largest absolute Gasteiger partial charge is 1.00 e. The van der Waals surface area contributed by atoms with Gasteiger partial charge in [0.2, 0.25) is 0 Å². The number of hydrogen-bond donors (Lipinski definition) is 0. The van der Waals surface area contributed by atoms with Crippen LogP contribution in [0.3, 0.4) is 0 Å². The zero-order chi connectivity index (χ0) is 10.8. The Hall–Kier alpha value is -0.163. The number of rotatable bonds is 1. The SMILES string of the molecule is [CH2-]c1cc(Br)ccc1C=NC(C)(C)C.[Li+]. The Labute approximate surface area is 113 Å². The predicted octanol–water partition coefficient (Wildman–Crippen LogP) is 0.853. The van der Waals surface area contributed by atoms with Crippen molar-refractivity contribution >= 4 is 22.1 Å². The van der Waals surface area contributed by atoms with Gasteiger partial charge in [-0.05, 0) is 31.5 Å². The van der Waals surface area contributed by atoms with E-state index in [-0.39, 0.29) is 24.4 Å². The fourth-order valence-corrected chi connectivity index (χ4v) is 1.37. The van der Waals surface area contributed by atoms with Crippen molar-refractivity contribution in [2.24, 2.45) is 4.99 Å². The average molecular weight is 260 g/mol. The maximum atomic E-state index is 4.44. The van der Waals surface area contributed by atoms with Gasteiger partial charge in [0.1, 0.15) is 0 Å². The molecule has 0 spiro atoms. The van der Waals surface area contributed by atoms with Gasteiger partial charge in [-0.25, -0.2) is 0 Å². The van der Waals surface area contributed by atoms with Gasteiger partial charge in [0.15, 0.2) is 0 Å². The second-order valence-corrected chi connectivity index (χ2v) is 5.19. The van der Waals surface area contributed by atoms with Crippen molar-refractivity contribution in [3.63, 3.8) is 0 Å². The standard InChI is InChI=1S/C12H15BrN.Li/c1-9-7-11(13)6-5-10(9)8-14-12(2,3)4;/h5-8H,1H2,2-4H3;/q-1;+1. The van der Waals surface area contributed by atoms with E-state index in [0.29, 0.717) is 0 Å². The normalized spacial score (nSPS) is 11.5. The first-order valence-corrected chi connectivity index (χ1v) is 5.34. The topological polar surface area (TPSA) is 12.4 Å². The first-order valence-electron chi connectivity index (χ1n) is 4.55. The number of nitrogens with zero attached hydrogens (tertiary/aromatic N) is 1. The van der Waals surface area contributed by atoms with Crippen molar-refractivity contribution in [2.75, 3.05) is 0 Å². The summed E-state index contributed by atoms with van der Waals surface area (Å²) in [5, 5.41) is 0. The minimum atomic E-state index is -0.0283. The summed E-state index contributed by atoms with van der Waals surface area (Å²) < 4.78 is 1.05. The van der Waals surface area contributed by atoms with E-state index >= 15 is 0 Å². The Balaban J connectivity index is 0.00000196. The second-order valence-electron chi connectivity index (χ2n) is 4.27. The van der Waals surface area contributed by atoms with Crippen LogP contribution < -0.4 is 18.9 Å². The van der Waals surface area contributed by atoms with E-state index in [4.69, 9.17) is 0 Å². The molecule has 0 aliphatic carbocycles. The van der Waals surface area contributed by atoms with Gasteiger partial charge in [-0.3, -0.25) is 4.99 Å². The second kappa shape index (κ2) is 5.79. The summed E-state index contributed by atoms with van der Waals surface area (Å²) in [5.74, 6) is 0. The molecule has 0 bridgehead atoms. The molecule has 76 valence electrons. The molecule has 0 aliphatic heterocycles. The molecule has 0 unspecified atom stereocenters. The Morgan fingerprint density at radius 1 is 1.33 bits per heavy atom. The fraction of sp³-hybridized carbons (Fsp3) is 0.333. The van der Waals surface area contributed by atoms with Crippen LogP contribution in [0.5, 0.6) is 0 Å². The summed E-state index contributed by atoms with van der Waals surface area (Å²) >= 11 is 3.40. The smallest absolute Gasteiger partial charge is 0.300 e. The minimum Gasteiger partial charge on any atom is -0.300 e. The zero-order valence-corrected chi connectivity index (χ0v) is 11.4. The van der Waals surface area contributed by atoms with Gasteiger partial charge >= 0.3 is 18.9 Å². The molecule has 0 radical (unpaired) electrons. The zero-order valence-electron chi connectivity index (χ0n) is 9.84. The van der Waals surface area contributed by atoms with Crippen LogP contribution in [0.25, 0.3) is 0 Å². The molecule has 15 heavy (non-hydrogen) atoms. The van der Waals surface area contributed by atoms with E-state index in [1.54, 1.807) is 0 Å². The molecular formula is C12H15BrLiN. The van der Waals surface area contributed by atoms with E-state index in [0.717, 1.165) is 15.6 Å². The van der Waals surface area contributed by atoms with Crippen LogP contribution in [0.1, 0.15) is 31.9 Å². The van der Waals surface area contributed by atoms with Crippen molar-refractivity contribution in [3.05, 3.63) is 40.7 Å². The Morgan fingerprint density at radius 3 is 2.40 bits per heavy atom. The Kier molecular flexibility index (Phi) is 5.73. The first kappa shape index (κ1) is 14.8. The third-order valence-electron chi connectivity index (χ3n) is 1.70. The molecule has 0 N–H and O–H groups in total. The third kappa shape index (κ3) is 5.46. The molecule has 3 heteroatoms. The van der Waals surface area contributed by atoms with Gasteiger partial charge in [-0.15, -0.1) is 17.7 Å².